The first kappa shape index (κ1) is 13.7. The summed E-state index contributed by atoms with van der Waals surface area (Å²) in [4.78, 5) is 0. The van der Waals surface area contributed by atoms with Crippen LogP contribution in [-0.4, -0.2) is 7.11 Å². The highest BCUT2D eigenvalue weighted by molar-refractivity contribution is 9.10. The maximum atomic E-state index is 13.5. The van der Waals surface area contributed by atoms with E-state index in [1.807, 2.05) is 25.1 Å². The predicted octanol–water partition coefficient (Wildman–Crippen LogP) is 4.23. The standard InChI is InChI=1S/C14H14BrFN2O/c1-8-3-4-14(19-2)13(5-8)18-12-7-10(16)9(15)6-11(12)17/h3-7,18H,17H2,1-2H3. The maximum absolute atomic E-state index is 13.5. The highest BCUT2D eigenvalue weighted by Crippen LogP contribution is 2.33. The highest BCUT2D eigenvalue weighted by Gasteiger charge is 2.09. The molecule has 2 aromatic carbocycles. The lowest BCUT2D eigenvalue weighted by atomic mass is 10.2. The fourth-order valence-electron chi connectivity index (χ4n) is 1.74. The van der Waals surface area contributed by atoms with Gasteiger partial charge in [0.05, 0.1) is 28.6 Å². The Kier molecular flexibility index (Phi) is 3.95. The van der Waals surface area contributed by atoms with Gasteiger partial charge in [-0.3, -0.25) is 0 Å². The van der Waals surface area contributed by atoms with Gasteiger partial charge < -0.3 is 15.8 Å². The molecule has 0 saturated heterocycles. The van der Waals surface area contributed by atoms with E-state index in [1.165, 1.54) is 12.1 Å². The third-order valence-corrected chi connectivity index (χ3v) is 3.32. The first-order valence-electron chi connectivity index (χ1n) is 5.67. The Hall–Kier alpha value is -1.75. The van der Waals surface area contributed by atoms with E-state index < -0.39 is 0 Å². The van der Waals surface area contributed by atoms with E-state index in [9.17, 15) is 4.39 Å². The molecular formula is C14H14BrFN2O. The Balaban J connectivity index is 2.41. The van der Waals surface area contributed by atoms with E-state index in [0.29, 0.717) is 21.6 Å². The molecule has 0 heterocycles. The molecule has 2 aromatic rings. The summed E-state index contributed by atoms with van der Waals surface area (Å²) in [7, 11) is 1.58. The van der Waals surface area contributed by atoms with Crippen LogP contribution in [0.5, 0.6) is 5.75 Å². The molecule has 0 unspecified atom stereocenters. The van der Waals surface area contributed by atoms with E-state index >= 15 is 0 Å². The third kappa shape index (κ3) is 2.98. The number of halogens is 2. The monoisotopic (exact) mass is 324 g/mol. The van der Waals surface area contributed by atoms with Crippen molar-refractivity contribution in [2.24, 2.45) is 0 Å². The Morgan fingerprint density at radius 1 is 1.21 bits per heavy atom. The first-order chi connectivity index (χ1) is 9.01. The Labute approximate surface area is 119 Å². The minimum absolute atomic E-state index is 0.340. The number of benzene rings is 2. The zero-order valence-electron chi connectivity index (χ0n) is 10.6. The fraction of sp³-hybridized carbons (Fsp3) is 0.143. The maximum Gasteiger partial charge on any atom is 0.142 e. The lowest BCUT2D eigenvalue weighted by Crippen LogP contribution is -2.00. The molecule has 0 fully saturated rings. The average Bonchev–Trinajstić information content (AvgIpc) is 2.36. The van der Waals surface area contributed by atoms with Crippen molar-refractivity contribution in [3.05, 3.63) is 46.2 Å². The van der Waals surface area contributed by atoms with Crippen molar-refractivity contribution in [1.29, 1.82) is 0 Å². The van der Waals surface area contributed by atoms with Crippen LogP contribution in [0.2, 0.25) is 0 Å². The normalized spacial score (nSPS) is 10.3. The minimum Gasteiger partial charge on any atom is -0.495 e. The van der Waals surface area contributed by atoms with Crippen LogP contribution in [0.4, 0.5) is 21.5 Å². The molecule has 0 radical (unpaired) electrons. The predicted molar refractivity (Wildman–Crippen MR) is 79.5 cm³/mol. The van der Waals surface area contributed by atoms with Gasteiger partial charge in [-0.1, -0.05) is 6.07 Å². The van der Waals surface area contributed by atoms with E-state index in [2.05, 4.69) is 21.2 Å². The minimum atomic E-state index is -0.372. The quantitative estimate of drug-likeness (QED) is 0.830. The lowest BCUT2D eigenvalue weighted by molar-refractivity contribution is 0.416. The molecule has 0 amide bonds. The number of anilines is 3. The van der Waals surface area contributed by atoms with Gasteiger partial charge in [0, 0.05) is 6.07 Å². The van der Waals surface area contributed by atoms with Crippen molar-refractivity contribution in [3.8, 4) is 5.75 Å². The Morgan fingerprint density at radius 2 is 1.95 bits per heavy atom. The molecule has 5 heteroatoms. The van der Waals surface area contributed by atoms with Crippen molar-refractivity contribution >= 4 is 33.0 Å². The van der Waals surface area contributed by atoms with E-state index in [1.54, 1.807) is 7.11 Å². The number of hydrogen-bond acceptors (Lipinski definition) is 3. The highest BCUT2D eigenvalue weighted by atomic mass is 79.9. The van der Waals surface area contributed by atoms with Crippen LogP contribution in [0, 0.1) is 12.7 Å². The van der Waals surface area contributed by atoms with Crippen molar-refractivity contribution in [2.75, 3.05) is 18.2 Å². The van der Waals surface area contributed by atoms with Crippen LogP contribution < -0.4 is 15.8 Å². The second-order valence-corrected chi connectivity index (χ2v) is 5.04. The first-order valence-corrected chi connectivity index (χ1v) is 6.46. The molecule has 2 rings (SSSR count). The SMILES string of the molecule is COc1ccc(C)cc1Nc1cc(F)c(Br)cc1N. The van der Waals surface area contributed by atoms with Crippen LogP contribution in [0.3, 0.4) is 0 Å². The fourth-order valence-corrected chi connectivity index (χ4v) is 2.10. The summed E-state index contributed by atoms with van der Waals surface area (Å²) in [6, 6.07) is 8.58. The molecule has 0 aromatic heterocycles. The summed E-state index contributed by atoms with van der Waals surface area (Å²) < 4.78 is 19.1. The van der Waals surface area contributed by atoms with Gasteiger partial charge in [-0.15, -0.1) is 0 Å². The van der Waals surface area contributed by atoms with Gasteiger partial charge in [-0.05, 0) is 46.6 Å². The zero-order chi connectivity index (χ0) is 14.0. The van der Waals surface area contributed by atoms with Crippen LogP contribution in [0.25, 0.3) is 0 Å². The van der Waals surface area contributed by atoms with Gasteiger partial charge in [0.2, 0.25) is 0 Å². The van der Waals surface area contributed by atoms with Gasteiger partial charge in [-0.25, -0.2) is 4.39 Å². The summed E-state index contributed by atoms with van der Waals surface area (Å²) in [5, 5.41) is 3.09. The number of aryl methyl sites for hydroxylation is 1. The van der Waals surface area contributed by atoms with Crippen molar-refractivity contribution in [3.63, 3.8) is 0 Å². The van der Waals surface area contributed by atoms with E-state index in [4.69, 9.17) is 10.5 Å². The van der Waals surface area contributed by atoms with Gasteiger partial charge >= 0.3 is 0 Å². The zero-order valence-corrected chi connectivity index (χ0v) is 12.2. The molecule has 19 heavy (non-hydrogen) atoms. The van der Waals surface area contributed by atoms with Crippen molar-refractivity contribution in [2.45, 2.75) is 6.92 Å². The molecule has 0 spiro atoms. The summed E-state index contributed by atoms with van der Waals surface area (Å²) in [6.07, 6.45) is 0. The largest absolute Gasteiger partial charge is 0.495 e. The number of hydrogen-bond donors (Lipinski definition) is 2. The van der Waals surface area contributed by atoms with Crippen LogP contribution in [-0.2, 0) is 0 Å². The molecular weight excluding hydrogens is 311 g/mol. The number of methoxy groups -OCH3 is 1. The molecule has 0 bridgehead atoms. The lowest BCUT2D eigenvalue weighted by Gasteiger charge is -2.14. The smallest absolute Gasteiger partial charge is 0.142 e. The third-order valence-electron chi connectivity index (χ3n) is 2.72. The molecule has 0 aliphatic heterocycles. The molecule has 0 aliphatic carbocycles. The Morgan fingerprint density at radius 3 is 2.63 bits per heavy atom. The van der Waals surface area contributed by atoms with E-state index in [0.717, 1.165) is 11.3 Å². The summed E-state index contributed by atoms with van der Waals surface area (Å²) in [5.74, 6) is 0.302. The number of rotatable bonds is 3. The summed E-state index contributed by atoms with van der Waals surface area (Å²) >= 11 is 3.10. The molecule has 0 atom stereocenters. The second-order valence-electron chi connectivity index (χ2n) is 4.18. The number of ether oxygens (including phenoxy) is 1. The van der Waals surface area contributed by atoms with Gasteiger partial charge in [0.15, 0.2) is 0 Å². The van der Waals surface area contributed by atoms with Crippen LogP contribution >= 0.6 is 15.9 Å². The average molecular weight is 325 g/mol. The summed E-state index contributed by atoms with van der Waals surface area (Å²) in [5.41, 5.74) is 8.64. The number of nitrogens with one attached hydrogen (secondary N) is 1. The molecule has 3 nitrogen and oxygen atoms in total. The Bertz CT molecular complexity index is 617. The summed E-state index contributed by atoms with van der Waals surface area (Å²) in [6.45, 7) is 1.97. The van der Waals surface area contributed by atoms with E-state index in [-0.39, 0.29) is 5.82 Å². The molecule has 0 aliphatic rings. The van der Waals surface area contributed by atoms with Gasteiger partial charge in [-0.2, -0.15) is 0 Å². The number of nitrogens with two attached hydrogens (primary N) is 1. The molecule has 100 valence electrons. The number of nitrogen functional groups attached to an aromatic ring is 1. The van der Waals surface area contributed by atoms with Crippen LogP contribution in [0.15, 0.2) is 34.8 Å². The van der Waals surface area contributed by atoms with Gasteiger partial charge in [0.25, 0.3) is 0 Å². The molecule has 3 N–H and O–H groups in total. The second kappa shape index (κ2) is 5.48. The topological polar surface area (TPSA) is 47.3 Å². The van der Waals surface area contributed by atoms with Crippen molar-refractivity contribution < 1.29 is 9.13 Å². The van der Waals surface area contributed by atoms with Crippen LogP contribution in [0.1, 0.15) is 5.56 Å². The van der Waals surface area contributed by atoms with Gasteiger partial charge in [0.1, 0.15) is 11.6 Å². The van der Waals surface area contributed by atoms with Crippen molar-refractivity contribution in [1.82, 2.24) is 0 Å². The molecule has 0 saturated carbocycles.